The van der Waals surface area contributed by atoms with Gasteiger partial charge in [-0.2, -0.15) is 15.8 Å². The smallest absolute Gasteiger partial charge is 0.161 e. The Labute approximate surface area is 818 Å². The van der Waals surface area contributed by atoms with Gasteiger partial charge in [-0.05, 0) is 228 Å². The number of para-hydroxylation sites is 5. The first kappa shape index (κ1) is 81.3. The predicted molar refractivity (Wildman–Crippen MR) is 590 cm³/mol. The van der Waals surface area contributed by atoms with Crippen LogP contribution in [-0.2, 0) is 0 Å². The number of hydrogen-bond donors (Lipinski definition) is 0. The van der Waals surface area contributed by atoms with Crippen molar-refractivity contribution in [3.05, 3.63) is 454 Å². The van der Waals surface area contributed by atoms with Gasteiger partial charge in [0.25, 0.3) is 0 Å². The molecule has 11 nitrogen and oxygen atoms in total. The van der Waals surface area contributed by atoms with Crippen molar-refractivity contribution in [2.24, 2.45) is 0 Å². The second kappa shape index (κ2) is 32.6. The third kappa shape index (κ3) is 12.9. The van der Waals surface area contributed by atoms with Gasteiger partial charge in [-0.25, -0.2) is 19.9 Å². The first-order valence-electron chi connectivity index (χ1n) is 47.3. The second-order valence-corrected chi connectivity index (χ2v) is 38.4. The van der Waals surface area contributed by atoms with Gasteiger partial charge in [0.1, 0.15) is 34.9 Å². The zero-order chi connectivity index (χ0) is 93.9. The van der Waals surface area contributed by atoms with Crippen molar-refractivity contribution >= 4 is 226 Å². The molecule has 0 N–H and O–H groups in total. The molecule has 0 saturated carbocycles. The van der Waals surface area contributed by atoms with Gasteiger partial charge in [0.15, 0.2) is 11.5 Å². The van der Waals surface area contributed by atoms with Crippen molar-refractivity contribution < 1.29 is 4.42 Å². The zero-order valence-corrected chi connectivity index (χ0v) is 77.4. The molecule has 30 aromatic rings. The maximum Gasteiger partial charge on any atom is 0.161 e. The predicted octanol–water partition coefficient (Wildman–Crippen LogP) is 34.6. The van der Waals surface area contributed by atoms with Gasteiger partial charge in [-0.1, -0.05) is 285 Å². The topological polar surface area (TPSA) is 151 Å². The Balaban J connectivity index is 0.000000104. The van der Waals surface area contributed by atoms with E-state index in [2.05, 4.69) is 352 Å². The van der Waals surface area contributed by atoms with E-state index >= 15 is 0 Å². The van der Waals surface area contributed by atoms with Crippen LogP contribution in [0.25, 0.3) is 277 Å². The van der Waals surface area contributed by atoms with Crippen LogP contribution in [0, 0.1) is 34.0 Å². The Bertz CT molecular complexity index is 10800. The molecule has 142 heavy (non-hydrogen) atoms. The molecule has 21 aromatic carbocycles. The third-order valence-corrected chi connectivity index (χ3v) is 30.8. The van der Waals surface area contributed by atoms with E-state index in [1.54, 1.807) is 0 Å². The van der Waals surface area contributed by atoms with E-state index in [1.807, 2.05) is 144 Å². The Kier molecular flexibility index (Phi) is 18.7. The average molecular weight is 1840 g/mol. The quantitative estimate of drug-likeness (QED) is 0.146. The second-order valence-electron chi connectivity index (χ2n) is 36.2. The molecule has 9 aromatic heterocycles. The first-order chi connectivity index (χ1) is 70.3. The molecule has 0 aliphatic rings. The number of rotatable bonds is 8. The van der Waals surface area contributed by atoms with Crippen LogP contribution in [0.3, 0.4) is 0 Å². The molecule has 0 radical (unpaired) electrons. The van der Waals surface area contributed by atoms with Gasteiger partial charge in [0.2, 0.25) is 0 Å². The molecule has 9 heterocycles. The number of benzene rings is 21. The zero-order valence-electron chi connectivity index (χ0n) is 75.8. The van der Waals surface area contributed by atoms with Crippen LogP contribution < -0.4 is 0 Å². The van der Waals surface area contributed by atoms with Crippen molar-refractivity contribution in [1.29, 1.82) is 15.8 Å². The normalized spacial score (nSPS) is 11.8. The lowest BCUT2D eigenvalue weighted by Crippen LogP contribution is -2.04. The highest BCUT2D eigenvalue weighted by Crippen LogP contribution is 2.49. The lowest BCUT2D eigenvalue weighted by Gasteiger charge is -2.16. The van der Waals surface area contributed by atoms with E-state index in [0.717, 1.165) is 144 Å². The summed E-state index contributed by atoms with van der Waals surface area (Å²) in [6.45, 7) is 0. The molecule has 0 amide bonds. The molecule has 0 atom stereocenters. The molecule has 0 aliphatic carbocycles. The summed E-state index contributed by atoms with van der Waals surface area (Å²) in [5.41, 5.74) is 22.8. The Morgan fingerprint density at radius 2 is 0.683 bits per heavy atom. The summed E-state index contributed by atoms with van der Waals surface area (Å²) in [6, 6.07) is 160. The van der Waals surface area contributed by atoms with Crippen LogP contribution in [0.1, 0.15) is 16.8 Å². The van der Waals surface area contributed by atoms with Crippen molar-refractivity contribution in [1.82, 2.24) is 33.6 Å². The molecular formula is C129H72N10OS2. The van der Waals surface area contributed by atoms with E-state index < -0.39 is 0 Å². The van der Waals surface area contributed by atoms with E-state index in [9.17, 15) is 15.8 Å². The van der Waals surface area contributed by atoms with Crippen LogP contribution in [0.5, 0.6) is 0 Å². The average Bonchev–Trinajstić information content (AvgIpc) is 1.55. The van der Waals surface area contributed by atoms with Crippen LogP contribution in [0.15, 0.2) is 441 Å². The monoisotopic (exact) mass is 1840 g/mol. The fourth-order valence-corrected chi connectivity index (χ4v) is 24.2. The van der Waals surface area contributed by atoms with E-state index in [1.165, 1.54) is 127 Å². The van der Waals surface area contributed by atoms with Gasteiger partial charge < -0.3 is 8.98 Å². The fraction of sp³-hybridized carbons (Fsp3) is 0. The molecule has 30 rings (SSSR count). The summed E-state index contributed by atoms with van der Waals surface area (Å²) < 4.78 is 18.5. The van der Waals surface area contributed by atoms with Crippen molar-refractivity contribution in [2.75, 3.05) is 0 Å². The highest BCUT2D eigenvalue weighted by molar-refractivity contribution is 7.26. The van der Waals surface area contributed by atoms with E-state index in [4.69, 9.17) is 19.4 Å². The van der Waals surface area contributed by atoms with Crippen LogP contribution >= 0.6 is 22.7 Å². The van der Waals surface area contributed by atoms with Gasteiger partial charge >= 0.3 is 0 Å². The van der Waals surface area contributed by atoms with Gasteiger partial charge in [-0.15, -0.1) is 22.7 Å². The summed E-state index contributed by atoms with van der Waals surface area (Å²) in [7, 11) is 0. The molecule has 0 aliphatic heterocycles. The largest absolute Gasteiger partial charge is 0.455 e. The summed E-state index contributed by atoms with van der Waals surface area (Å²) in [6.07, 6.45) is 0. The van der Waals surface area contributed by atoms with Crippen molar-refractivity contribution in [3.63, 3.8) is 0 Å². The van der Waals surface area contributed by atoms with E-state index in [0.29, 0.717) is 22.6 Å². The molecule has 0 saturated heterocycles. The van der Waals surface area contributed by atoms with Crippen LogP contribution in [-0.4, -0.2) is 33.6 Å². The highest BCUT2D eigenvalue weighted by Gasteiger charge is 2.27. The number of pyridine rings is 2. The van der Waals surface area contributed by atoms with E-state index in [-0.39, 0.29) is 0 Å². The fourth-order valence-electron chi connectivity index (χ4n) is 22.0. The minimum atomic E-state index is 0.385. The lowest BCUT2D eigenvalue weighted by atomic mass is 9.97. The molecule has 0 spiro atoms. The van der Waals surface area contributed by atoms with Crippen LogP contribution in [0.4, 0.5) is 0 Å². The molecular weight excluding hydrogens is 1770 g/mol. The first-order valence-corrected chi connectivity index (χ1v) is 48.9. The summed E-state index contributed by atoms with van der Waals surface area (Å²) in [4.78, 5) is 19.8. The molecule has 13 heteroatoms. The number of hydrogen-bond acceptors (Lipinski definition) is 10. The van der Waals surface area contributed by atoms with Crippen LogP contribution in [0.2, 0.25) is 0 Å². The molecule has 0 unspecified atom stereocenters. The van der Waals surface area contributed by atoms with Crippen molar-refractivity contribution in [2.45, 2.75) is 0 Å². The third-order valence-electron chi connectivity index (χ3n) is 28.5. The Morgan fingerprint density at radius 3 is 1.31 bits per heavy atom. The minimum absolute atomic E-state index is 0.385. The molecule has 0 fully saturated rings. The Morgan fingerprint density at radius 1 is 0.246 bits per heavy atom. The Hall–Kier alpha value is -19.1. The number of thiophene rings is 2. The number of aromatic nitrogens is 7. The summed E-state index contributed by atoms with van der Waals surface area (Å²) in [5, 5.41) is 57.3. The SMILES string of the molecule is N#Cc1c(-c2ccccc2)c(-n2c3ccc(-c4cccc5c4oc4ccccc45)cc3c3c4ccccc4ccc32)nc2ccccc12.N#Cc1cc(-n2c3ccc(-c4ccc5sc6ccc7ccccc7c6c5c4)cc3c3c4ccccc4ccc32)nc2ccccc12.N#Cc1nc(-c2ccc(-n3c4ccc(-c5ccc6sc7ccccc7c6c5)cc4c4c5ccccc5ccc43)cc2)nc2ccccc12. The minimum Gasteiger partial charge on any atom is -0.455 e. The summed E-state index contributed by atoms with van der Waals surface area (Å²) in [5.74, 6) is 2.03. The standard InChI is InChI=1S/C44H25N3O.C43H24N4S.C42H23N3S/c45-26-36-32-15-6-8-19-37(32)46-44(41(36)28-12-2-1-3-13-28)47-38-23-22-29(25-35(38)42-30-14-5-4-11-27(30)21-24-39(42)47)31-17-10-18-34-33-16-7-9-20-40(33)48-43(31)34;44-25-37-33-10-3-5-11-36(33)45-43(46-37)27-13-18-30(19-14-27)47-38-20-16-28(24-35(38)42-31-8-2-1-7-26(31)15-21-39(42)47)29-17-22-41-34(23-29)32-9-4-6-12-40(32)48-41;43-24-29-23-40(44-35-12-6-5-9-30(29)35)45-36-17-14-27(21-33(36)41-31-10-3-1-7-25(31)13-18-37(41)45)28-16-19-38-34(22-28)42-32-11-4-2-8-26(32)15-20-39(42)46-38/h1-25H;1-24H;1-23H. The summed E-state index contributed by atoms with van der Waals surface area (Å²) >= 11 is 3.71. The maximum atomic E-state index is 10.7. The lowest BCUT2D eigenvalue weighted by molar-refractivity contribution is 0.670. The number of furan rings is 1. The van der Waals surface area contributed by atoms with Gasteiger partial charge in [-0.3, -0.25) is 9.13 Å². The number of fused-ring (bicyclic) bond motifs is 29. The van der Waals surface area contributed by atoms with Gasteiger partial charge in [0, 0.05) is 122 Å². The molecule has 0 bridgehead atoms. The highest BCUT2D eigenvalue weighted by atomic mass is 32.1. The number of nitrogens with zero attached hydrogens (tertiary/aromatic N) is 10. The van der Waals surface area contributed by atoms with Gasteiger partial charge in [0.05, 0.1) is 66.8 Å². The molecule has 656 valence electrons. The number of nitriles is 3. The van der Waals surface area contributed by atoms with Crippen molar-refractivity contribution in [3.8, 4) is 91.4 Å². The maximum absolute atomic E-state index is 10.7.